The maximum absolute atomic E-state index is 5.69. The summed E-state index contributed by atoms with van der Waals surface area (Å²) in [5, 5.41) is 2.32. The van der Waals surface area contributed by atoms with Gasteiger partial charge in [-0.05, 0) is 43.5 Å². The van der Waals surface area contributed by atoms with Crippen molar-refractivity contribution in [3.05, 3.63) is 29.3 Å². The molecule has 0 aliphatic carbocycles. The topological polar surface area (TPSA) is 25.8 Å². The van der Waals surface area contributed by atoms with Gasteiger partial charge in [0.15, 0.2) is 0 Å². The fraction of sp³-hybridized carbons (Fsp3) is 0.571. The van der Waals surface area contributed by atoms with Crippen molar-refractivity contribution < 1.29 is 10.1 Å². The molecule has 16 heavy (non-hydrogen) atoms. The molecule has 1 rings (SSSR count). The monoisotopic (exact) mass is 222 g/mol. The molecule has 2 nitrogen and oxygen atoms in total. The largest absolute Gasteiger partial charge is 0.488 e. The molecule has 0 amide bonds. The summed E-state index contributed by atoms with van der Waals surface area (Å²) >= 11 is 0. The lowest BCUT2D eigenvalue weighted by Crippen LogP contribution is -2.85. The molecule has 0 saturated carbocycles. The minimum atomic E-state index is 0.798. The van der Waals surface area contributed by atoms with Gasteiger partial charge in [-0.1, -0.05) is 19.4 Å². The molecule has 0 radical (unpaired) electrons. The number of rotatable bonds is 7. The molecule has 0 bridgehead atoms. The third kappa shape index (κ3) is 4.67. The molecule has 0 unspecified atom stereocenters. The molecular formula is C14H24NO+. The van der Waals surface area contributed by atoms with Gasteiger partial charge in [0.05, 0.1) is 6.54 Å². The zero-order valence-corrected chi connectivity index (χ0v) is 10.8. The van der Waals surface area contributed by atoms with Crippen LogP contribution in [0.2, 0.25) is 0 Å². The van der Waals surface area contributed by atoms with Gasteiger partial charge in [-0.15, -0.1) is 0 Å². The second-order valence-corrected chi connectivity index (χ2v) is 4.31. The predicted molar refractivity (Wildman–Crippen MR) is 68.0 cm³/mol. The number of hydrogen-bond acceptors (Lipinski definition) is 1. The van der Waals surface area contributed by atoms with E-state index in [9.17, 15) is 0 Å². The summed E-state index contributed by atoms with van der Waals surface area (Å²) in [4.78, 5) is 0. The molecule has 0 spiro atoms. The Hall–Kier alpha value is -1.02. The van der Waals surface area contributed by atoms with Crippen molar-refractivity contribution in [1.82, 2.24) is 0 Å². The first kappa shape index (κ1) is 13.0. The molecule has 0 saturated heterocycles. The Morgan fingerprint density at radius 1 is 1.12 bits per heavy atom. The van der Waals surface area contributed by atoms with Gasteiger partial charge in [-0.3, -0.25) is 0 Å². The quantitative estimate of drug-likeness (QED) is 0.702. The lowest BCUT2D eigenvalue weighted by molar-refractivity contribution is -0.655. The van der Waals surface area contributed by atoms with E-state index >= 15 is 0 Å². The van der Waals surface area contributed by atoms with Crippen LogP contribution in [-0.4, -0.2) is 19.7 Å². The Kier molecular flexibility index (Phi) is 5.94. The van der Waals surface area contributed by atoms with Gasteiger partial charge in [0.25, 0.3) is 0 Å². The Bertz CT molecular complexity index is 310. The number of unbranched alkanes of at least 4 members (excludes halogenated alkanes) is 1. The minimum absolute atomic E-state index is 0.798. The van der Waals surface area contributed by atoms with Crippen molar-refractivity contribution in [3.63, 3.8) is 0 Å². The van der Waals surface area contributed by atoms with E-state index in [0.29, 0.717) is 0 Å². The molecule has 90 valence electrons. The van der Waals surface area contributed by atoms with Crippen molar-refractivity contribution >= 4 is 0 Å². The fourth-order valence-corrected chi connectivity index (χ4v) is 1.56. The SMILES string of the molecule is CCCC[NH2+]CCOc1ccc(C)c(C)c1. The zero-order valence-electron chi connectivity index (χ0n) is 10.8. The van der Waals surface area contributed by atoms with Crippen LogP contribution < -0.4 is 10.1 Å². The third-order valence-electron chi connectivity index (χ3n) is 2.83. The summed E-state index contributed by atoms with van der Waals surface area (Å²) in [7, 11) is 0. The average molecular weight is 222 g/mol. The number of nitrogens with two attached hydrogens (primary N) is 1. The number of hydrogen-bond donors (Lipinski definition) is 1. The summed E-state index contributed by atoms with van der Waals surface area (Å²) < 4.78 is 5.69. The standard InChI is InChI=1S/C14H23NO/c1-4-5-8-15-9-10-16-14-7-6-12(2)13(3)11-14/h6-7,11,15H,4-5,8-10H2,1-3H3/p+1. The Labute approximate surface area is 99.0 Å². The van der Waals surface area contributed by atoms with Gasteiger partial charge in [-0.2, -0.15) is 0 Å². The van der Waals surface area contributed by atoms with E-state index in [1.807, 2.05) is 6.07 Å². The first-order chi connectivity index (χ1) is 7.74. The molecule has 0 aliphatic rings. The van der Waals surface area contributed by atoms with Crippen LogP contribution in [0.4, 0.5) is 0 Å². The summed E-state index contributed by atoms with van der Waals surface area (Å²) in [6, 6.07) is 6.28. The molecule has 1 aromatic rings. The second kappa shape index (κ2) is 7.29. The van der Waals surface area contributed by atoms with Gasteiger partial charge in [-0.25, -0.2) is 0 Å². The smallest absolute Gasteiger partial charge is 0.137 e. The van der Waals surface area contributed by atoms with Crippen molar-refractivity contribution in [2.24, 2.45) is 0 Å². The minimum Gasteiger partial charge on any atom is -0.488 e. The molecule has 0 atom stereocenters. The zero-order chi connectivity index (χ0) is 11.8. The summed E-state index contributed by atoms with van der Waals surface area (Å²) in [5.41, 5.74) is 2.62. The molecule has 1 aromatic carbocycles. The van der Waals surface area contributed by atoms with Gasteiger partial charge in [0.1, 0.15) is 18.9 Å². The molecule has 2 N–H and O–H groups in total. The molecular weight excluding hydrogens is 198 g/mol. The van der Waals surface area contributed by atoms with Crippen LogP contribution in [0.3, 0.4) is 0 Å². The van der Waals surface area contributed by atoms with E-state index < -0.39 is 0 Å². The lowest BCUT2D eigenvalue weighted by Gasteiger charge is -2.07. The summed E-state index contributed by atoms with van der Waals surface area (Å²) in [5.74, 6) is 0.993. The molecule has 0 aliphatic heterocycles. The van der Waals surface area contributed by atoms with Crippen molar-refractivity contribution in [2.45, 2.75) is 33.6 Å². The number of aryl methyl sites for hydroxylation is 2. The maximum Gasteiger partial charge on any atom is 0.137 e. The predicted octanol–water partition coefficient (Wildman–Crippen LogP) is 2.05. The highest BCUT2D eigenvalue weighted by Gasteiger charge is 1.97. The molecule has 0 aromatic heterocycles. The van der Waals surface area contributed by atoms with E-state index in [2.05, 4.69) is 38.2 Å². The molecule has 0 fully saturated rings. The van der Waals surface area contributed by atoms with Gasteiger partial charge in [0, 0.05) is 0 Å². The number of quaternary nitrogens is 1. The third-order valence-corrected chi connectivity index (χ3v) is 2.83. The highest BCUT2D eigenvalue weighted by Crippen LogP contribution is 2.15. The van der Waals surface area contributed by atoms with Gasteiger partial charge >= 0.3 is 0 Å². The Balaban J connectivity index is 2.19. The van der Waals surface area contributed by atoms with E-state index in [0.717, 1.165) is 18.9 Å². The van der Waals surface area contributed by atoms with Crippen LogP contribution in [-0.2, 0) is 0 Å². The van der Waals surface area contributed by atoms with Crippen LogP contribution in [0.25, 0.3) is 0 Å². The van der Waals surface area contributed by atoms with Crippen LogP contribution in [0.5, 0.6) is 5.75 Å². The molecule has 2 heteroatoms. The van der Waals surface area contributed by atoms with E-state index in [1.165, 1.54) is 30.5 Å². The first-order valence-corrected chi connectivity index (χ1v) is 6.25. The highest BCUT2D eigenvalue weighted by molar-refractivity contribution is 5.33. The van der Waals surface area contributed by atoms with E-state index in [4.69, 9.17) is 4.74 Å². The fourth-order valence-electron chi connectivity index (χ4n) is 1.56. The second-order valence-electron chi connectivity index (χ2n) is 4.31. The van der Waals surface area contributed by atoms with Crippen molar-refractivity contribution in [1.29, 1.82) is 0 Å². The summed E-state index contributed by atoms with van der Waals surface area (Å²) in [6.45, 7) is 9.53. The Morgan fingerprint density at radius 3 is 2.62 bits per heavy atom. The highest BCUT2D eigenvalue weighted by atomic mass is 16.5. The average Bonchev–Trinajstić information content (AvgIpc) is 2.28. The van der Waals surface area contributed by atoms with Crippen molar-refractivity contribution in [3.8, 4) is 5.75 Å². The van der Waals surface area contributed by atoms with Crippen molar-refractivity contribution in [2.75, 3.05) is 19.7 Å². The lowest BCUT2D eigenvalue weighted by atomic mass is 10.1. The van der Waals surface area contributed by atoms with Gasteiger partial charge in [0.2, 0.25) is 0 Å². The normalized spacial score (nSPS) is 10.4. The van der Waals surface area contributed by atoms with E-state index in [-0.39, 0.29) is 0 Å². The molecule has 0 heterocycles. The van der Waals surface area contributed by atoms with Gasteiger partial charge < -0.3 is 10.1 Å². The van der Waals surface area contributed by atoms with E-state index in [1.54, 1.807) is 0 Å². The Morgan fingerprint density at radius 2 is 1.94 bits per heavy atom. The number of ether oxygens (including phenoxy) is 1. The first-order valence-electron chi connectivity index (χ1n) is 6.25. The van der Waals surface area contributed by atoms with Crippen LogP contribution in [0.1, 0.15) is 30.9 Å². The number of benzene rings is 1. The maximum atomic E-state index is 5.69. The van der Waals surface area contributed by atoms with Crippen LogP contribution in [0, 0.1) is 13.8 Å². The van der Waals surface area contributed by atoms with Crippen LogP contribution in [0.15, 0.2) is 18.2 Å². The summed E-state index contributed by atoms with van der Waals surface area (Å²) in [6.07, 6.45) is 2.57. The van der Waals surface area contributed by atoms with Crippen LogP contribution >= 0.6 is 0 Å².